The quantitative estimate of drug-likeness (QED) is 0.628. The fourth-order valence-electron chi connectivity index (χ4n) is 1.71. The molecule has 0 aliphatic rings. The number of halogens is 1. The molecule has 0 fully saturated rings. The number of rotatable bonds is 4. The monoisotopic (exact) mass is 248 g/mol. The van der Waals surface area contributed by atoms with Crippen LogP contribution in [0.4, 0.5) is 4.39 Å². The average molecular weight is 248 g/mol. The van der Waals surface area contributed by atoms with Crippen LogP contribution < -0.4 is 16.0 Å². The summed E-state index contributed by atoms with van der Waals surface area (Å²) >= 11 is 0. The maximum Gasteiger partial charge on any atom is 0.170 e. The highest BCUT2D eigenvalue weighted by Crippen LogP contribution is 2.27. The first-order chi connectivity index (χ1) is 8.77. The molecule has 1 atom stereocenters. The molecule has 6 heteroatoms. The lowest BCUT2D eigenvalue weighted by molar-refractivity contribution is 0.381. The number of ether oxygens (including phenoxy) is 1. The minimum atomic E-state index is -0.553. The molecule has 2 rings (SSSR count). The number of nitrogens with two attached hydrogens (primary N) is 1. The predicted octanol–water partition coefficient (Wildman–Crippen LogP) is 1.18. The van der Waals surface area contributed by atoms with E-state index in [2.05, 4.69) is 15.4 Å². The van der Waals surface area contributed by atoms with Gasteiger partial charge in [-0.25, -0.2) is 19.8 Å². The lowest BCUT2D eigenvalue weighted by Gasteiger charge is -2.17. The van der Waals surface area contributed by atoms with Gasteiger partial charge in [-0.05, 0) is 12.1 Å². The smallest absolute Gasteiger partial charge is 0.170 e. The first kappa shape index (κ1) is 12.4. The highest BCUT2D eigenvalue weighted by Gasteiger charge is 2.19. The minimum Gasteiger partial charge on any atom is -0.494 e. The number of hydrogen-bond acceptors (Lipinski definition) is 5. The van der Waals surface area contributed by atoms with E-state index in [0.717, 1.165) is 0 Å². The fraction of sp³-hybridized carbons (Fsp3) is 0.167. The zero-order valence-electron chi connectivity index (χ0n) is 9.80. The molecule has 5 nitrogen and oxygen atoms in total. The topological polar surface area (TPSA) is 73.1 Å². The maximum absolute atomic E-state index is 14.1. The minimum absolute atomic E-state index is 0.168. The van der Waals surface area contributed by atoms with Crippen LogP contribution in [0.25, 0.3) is 0 Å². The Bertz CT molecular complexity index is 521. The van der Waals surface area contributed by atoms with Gasteiger partial charge < -0.3 is 4.74 Å². The van der Waals surface area contributed by atoms with Crippen LogP contribution in [0.3, 0.4) is 0 Å². The van der Waals surface area contributed by atoms with Gasteiger partial charge >= 0.3 is 0 Å². The molecule has 1 aromatic heterocycles. The van der Waals surface area contributed by atoms with Crippen LogP contribution in [0.2, 0.25) is 0 Å². The first-order valence-electron chi connectivity index (χ1n) is 5.32. The van der Waals surface area contributed by atoms with E-state index >= 15 is 0 Å². The van der Waals surface area contributed by atoms with Crippen LogP contribution >= 0.6 is 0 Å². The van der Waals surface area contributed by atoms with Crippen molar-refractivity contribution < 1.29 is 9.13 Å². The molecule has 1 unspecified atom stereocenters. The molecule has 0 aliphatic carbocycles. The zero-order chi connectivity index (χ0) is 13.0. The predicted molar refractivity (Wildman–Crippen MR) is 64.2 cm³/mol. The van der Waals surface area contributed by atoms with Gasteiger partial charge in [0, 0.05) is 11.8 Å². The van der Waals surface area contributed by atoms with E-state index < -0.39 is 11.9 Å². The molecule has 1 aromatic carbocycles. The Balaban J connectivity index is 2.46. The number of hydrogen-bond donors (Lipinski definition) is 2. The molecule has 0 saturated carbocycles. The summed E-state index contributed by atoms with van der Waals surface area (Å²) in [5.74, 6) is 5.19. The van der Waals surface area contributed by atoms with Crippen molar-refractivity contribution in [3.8, 4) is 5.75 Å². The Morgan fingerprint density at radius 2 is 2.22 bits per heavy atom. The summed E-state index contributed by atoms with van der Waals surface area (Å²) < 4.78 is 19.1. The summed E-state index contributed by atoms with van der Waals surface area (Å²) in [6, 6.07) is 5.99. The number of hydrazine groups is 1. The second-order valence-corrected chi connectivity index (χ2v) is 3.60. The molecule has 0 aliphatic heterocycles. The highest BCUT2D eigenvalue weighted by atomic mass is 19.1. The third-order valence-electron chi connectivity index (χ3n) is 2.59. The van der Waals surface area contributed by atoms with E-state index in [1.165, 1.54) is 13.4 Å². The van der Waals surface area contributed by atoms with Gasteiger partial charge in [0.1, 0.15) is 6.33 Å². The summed E-state index contributed by atoms with van der Waals surface area (Å²) in [4.78, 5) is 7.88. The highest BCUT2D eigenvalue weighted by molar-refractivity contribution is 5.36. The number of aromatic nitrogens is 2. The largest absolute Gasteiger partial charge is 0.494 e. The number of methoxy groups -OCH3 is 1. The van der Waals surface area contributed by atoms with Gasteiger partial charge in [-0.2, -0.15) is 0 Å². The molecule has 0 saturated heterocycles. The SMILES string of the molecule is COc1cccc(C(NN)c2ccncn2)c1F. The Labute approximate surface area is 104 Å². The van der Waals surface area contributed by atoms with E-state index in [4.69, 9.17) is 10.6 Å². The Hall–Kier alpha value is -2.05. The van der Waals surface area contributed by atoms with Gasteiger partial charge in [0.2, 0.25) is 0 Å². The Kier molecular flexibility index (Phi) is 3.81. The van der Waals surface area contributed by atoms with Crippen molar-refractivity contribution in [2.24, 2.45) is 5.84 Å². The van der Waals surface area contributed by atoms with Crippen LogP contribution in [-0.2, 0) is 0 Å². The number of nitrogens with zero attached hydrogens (tertiary/aromatic N) is 2. The number of benzene rings is 1. The second kappa shape index (κ2) is 5.52. The molecule has 0 bridgehead atoms. The normalized spacial score (nSPS) is 12.2. The van der Waals surface area contributed by atoms with Crippen LogP contribution in [-0.4, -0.2) is 17.1 Å². The van der Waals surface area contributed by atoms with Crippen LogP contribution in [0.1, 0.15) is 17.3 Å². The summed E-state index contributed by atoms with van der Waals surface area (Å²) in [5, 5.41) is 0. The molecular formula is C12H13FN4O. The molecule has 0 spiro atoms. The van der Waals surface area contributed by atoms with Crippen molar-refractivity contribution in [1.29, 1.82) is 0 Å². The van der Waals surface area contributed by atoms with E-state index in [9.17, 15) is 4.39 Å². The van der Waals surface area contributed by atoms with Crippen molar-refractivity contribution in [3.63, 3.8) is 0 Å². The van der Waals surface area contributed by atoms with Gasteiger partial charge in [-0.15, -0.1) is 0 Å². The first-order valence-corrected chi connectivity index (χ1v) is 5.32. The third-order valence-corrected chi connectivity index (χ3v) is 2.59. The maximum atomic E-state index is 14.1. The molecule has 3 N–H and O–H groups in total. The lowest BCUT2D eigenvalue weighted by Crippen LogP contribution is -2.30. The van der Waals surface area contributed by atoms with Crippen LogP contribution in [0.15, 0.2) is 36.8 Å². The van der Waals surface area contributed by atoms with Crippen molar-refractivity contribution >= 4 is 0 Å². The molecule has 18 heavy (non-hydrogen) atoms. The molecule has 1 heterocycles. The summed E-state index contributed by atoms with van der Waals surface area (Å²) in [7, 11) is 1.41. The van der Waals surface area contributed by atoms with Gasteiger partial charge in [0.05, 0.1) is 18.8 Å². The van der Waals surface area contributed by atoms with Gasteiger partial charge in [-0.3, -0.25) is 5.84 Å². The van der Waals surface area contributed by atoms with Crippen molar-refractivity contribution in [2.75, 3.05) is 7.11 Å². The summed E-state index contributed by atoms with van der Waals surface area (Å²) in [6.45, 7) is 0. The van der Waals surface area contributed by atoms with E-state index in [0.29, 0.717) is 11.3 Å². The molecular weight excluding hydrogens is 235 g/mol. The van der Waals surface area contributed by atoms with Crippen molar-refractivity contribution in [2.45, 2.75) is 6.04 Å². The summed E-state index contributed by atoms with van der Waals surface area (Å²) in [6.07, 6.45) is 2.96. The fourth-order valence-corrected chi connectivity index (χ4v) is 1.71. The van der Waals surface area contributed by atoms with Gasteiger partial charge in [0.15, 0.2) is 11.6 Å². The Morgan fingerprint density at radius 3 is 2.83 bits per heavy atom. The van der Waals surface area contributed by atoms with E-state index in [1.54, 1.807) is 30.5 Å². The van der Waals surface area contributed by atoms with E-state index in [1.807, 2.05) is 0 Å². The molecule has 2 aromatic rings. The van der Waals surface area contributed by atoms with Gasteiger partial charge in [0.25, 0.3) is 0 Å². The lowest BCUT2D eigenvalue weighted by atomic mass is 10.0. The van der Waals surface area contributed by atoms with Crippen LogP contribution in [0.5, 0.6) is 5.75 Å². The van der Waals surface area contributed by atoms with E-state index in [-0.39, 0.29) is 5.75 Å². The van der Waals surface area contributed by atoms with Gasteiger partial charge in [-0.1, -0.05) is 12.1 Å². The summed E-state index contributed by atoms with van der Waals surface area (Å²) in [5.41, 5.74) is 3.49. The standard InChI is InChI=1S/C12H13FN4O/c1-18-10-4-2-3-8(11(10)13)12(17-14)9-5-6-15-7-16-9/h2-7,12,17H,14H2,1H3. The molecule has 0 amide bonds. The van der Waals surface area contributed by atoms with Crippen molar-refractivity contribution in [1.82, 2.24) is 15.4 Å². The average Bonchev–Trinajstić information content (AvgIpc) is 2.43. The number of nitrogens with one attached hydrogen (secondary N) is 1. The second-order valence-electron chi connectivity index (χ2n) is 3.60. The zero-order valence-corrected chi connectivity index (χ0v) is 9.80. The van der Waals surface area contributed by atoms with Crippen LogP contribution in [0, 0.1) is 5.82 Å². The Morgan fingerprint density at radius 1 is 1.39 bits per heavy atom. The van der Waals surface area contributed by atoms with Crippen molar-refractivity contribution in [3.05, 3.63) is 53.9 Å². The molecule has 0 radical (unpaired) electrons. The molecule has 94 valence electrons. The third kappa shape index (κ3) is 2.29.